The van der Waals surface area contributed by atoms with E-state index in [1.54, 1.807) is 10.9 Å². The van der Waals surface area contributed by atoms with Crippen LogP contribution in [0.3, 0.4) is 0 Å². The maximum atomic E-state index is 10.7. The highest BCUT2D eigenvalue weighted by atomic mass is 16.4. The first-order chi connectivity index (χ1) is 8.02. The predicted molar refractivity (Wildman–Crippen MR) is 62.5 cm³/mol. The largest absolute Gasteiger partial charge is 0.480 e. The number of rotatable bonds is 7. The van der Waals surface area contributed by atoms with Crippen LogP contribution in [0, 0.1) is 0 Å². The van der Waals surface area contributed by atoms with Gasteiger partial charge in [-0.3, -0.25) is 14.4 Å². The van der Waals surface area contributed by atoms with E-state index < -0.39 is 5.97 Å². The van der Waals surface area contributed by atoms with E-state index in [4.69, 9.17) is 10.2 Å². The number of aliphatic carboxylic acids is 1. The molecule has 1 aromatic heterocycles. The monoisotopic (exact) mass is 241 g/mol. The zero-order valence-electron chi connectivity index (χ0n) is 10.2. The predicted octanol–water partition coefficient (Wildman–Crippen LogP) is 0.170. The quantitative estimate of drug-likeness (QED) is 0.711. The van der Waals surface area contributed by atoms with Crippen molar-refractivity contribution in [3.63, 3.8) is 0 Å². The Balaban J connectivity index is 2.61. The van der Waals surface area contributed by atoms with Crippen molar-refractivity contribution in [2.24, 2.45) is 0 Å². The van der Waals surface area contributed by atoms with Crippen LogP contribution < -0.4 is 0 Å². The molecule has 0 atom stereocenters. The van der Waals surface area contributed by atoms with Crippen LogP contribution in [-0.2, 0) is 17.9 Å². The van der Waals surface area contributed by atoms with Crippen molar-refractivity contribution in [2.75, 3.05) is 13.2 Å². The van der Waals surface area contributed by atoms with Crippen LogP contribution >= 0.6 is 0 Å². The Labute approximate surface area is 100 Å². The molecule has 6 nitrogen and oxygen atoms in total. The van der Waals surface area contributed by atoms with Crippen LogP contribution in [0.1, 0.15) is 19.4 Å². The Morgan fingerprint density at radius 1 is 1.59 bits per heavy atom. The van der Waals surface area contributed by atoms with Crippen molar-refractivity contribution in [3.05, 3.63) is 18.0 Å². The SMILES string of the molecule is CC(C)N(CC(=O)O)Cc1cnn(CCO)c1. The van der Waals surface area contributed by atoms with Gasteiger partial charge in [-0.05, 0) is 13.8 Å². The highest BCUT2D eigenvalue weighted by Gasteiger charge is 2.14. The lowest BCUT2D eigenvalue weighted by atomic mass is 10.2. The van der Waals surface area contributed by atoms with E-state index in [2.05, 4.69) is 5.10 Å². The van der Waals surface area contributed by atoms with E-state index in [9.17, 15) is 4.79 Å². The number of aliphatic hydroxyl groups excluding tert-OH is 1. The average molecular weight is 241 g/mol. The van der Waals surface area contributed by atoms with Crippen LogP contribution in [-0.4, -0.2) is 50.1 Å². The highest BCUT2D eigenvalue weighted by Crippen LogP contribution is 2.07. The van der Waals surface area contributed by atoms with E-state index in [1.807, 2.05) is 24.9 Å². The van der Waals surface area contributed by atoms with Crippen molar-refractivity contribution < 1.29 is 15.0 Å². The molecule has 1 rings (SSSR count). The summed E-state index contributed by atoms with van der Waals surface area (Å²) in [4.78, 5) is 12.6. The van der Waals surface area contributed by atoms with Crippen molar-refractivity contribution in [1.82, 2.24) is 14.7 Å². The minimum atomic E-state index is -0.832. The number of carbonyl (C=O) groups is 1. The van der Waals surface area contributed by atoms with E-state index in [-0.39, 0.29) is 19.2 Å². The number of aliphatic hydroxyl groups is 1. The molecule has 0 fully saturated rings. The Kier molecular flexibility index (Phi) is 5.11. The molecule has 0 saturated carbocycles. The molecular weight excluding hydrogens is 222 g/mol. The number of hydrogen-bond donors (Lipinski definition) is 2. The van der Waals surface area contributed by atoms with Crippen LogP contribution in [0.15, 0.2) is 12.4 Å². The van der Waals surface area contributed by atoms with Gasteiger partial charge in [0.25, 0.3) is 0 Å². The zero-order chi connectivity index (χ0) is 12.8. The second-order valence-electron chi connectivity index (χ2n) is 4.23. The number of nitrogens with zero attached hydrogens (tertiary/aromatic N) is 3. The van der Waals surface area contributed by atoms with Crippen molar-refractivity contribution in [1.29, 1.82) is 0 Å². The fourth-order valence-electron chi connectivity index (χ4n) is 1.54. The standard InChI is InChI=1S/C11H19N3O3/c1-9(2)13(8-11(16)17)6-10-5-12-14(7-10)3-4-15/h5,7,9,15H,3-4,6,8H2,1-2H3,(H,16,17). The van der Waals surface area contributed by atoms with Gasteiger partial charge in [-0.2, -0.15) is 5.10 Å². The molecule has 1 heterocycles. The maximum Gasteiger partial charge on any atom is 0.317 e. The van der Waals surface area contributed by atoms with Gasteiger partial charge in [-0.25, -0.2) is 0 Å². The summed E-state index contributed by atoms with van der Waals surface area (Å²) in [6.45, 7) is 4.99. The van der Waals surface area contributed by atoms with Gasteiger partial charge in [-0.15, -0.1) is 0 Å². The lowest BCUT2D eigenvalue weighted by Crippen LogP contribution is -2.34. The molecule has 2 N–H and O–H groups in total. The van der Waals surface area contributed by atoms with Crippen molar-refractivity contribution in [3.8, 4) is 0 Å². The minimum Gasteiger partial charge on any atom is -0.480 e. The maximum absolute atomic E-state index is 10.7. The van der Waals surface area contributed by atoms with Gasteiger partial charge in [0.15, 0.2) is 0 Å². The van der Waals surface area contributed by atoms with Gasteiger partial charge in [0, 0.05) is 24.3 Å². The molecular formula is C11H19N3O3. The van der Waals surface area contributed by atoms with Crippen LogP contribution in [0.25, 0.3) is 0 Å². The molecule has 0 aliphatic carbocycles. The molecule has 0 aromatic carbocycles. The van der Waals surface area contributed by atoms with E-state index in [0.717, 1.165) is 5.56 Å². The number of aromatic nitrogens is 2. The number of carboxylic acid groups (broad SMARTS) is 1. The molecule has 0 aliphatic heterocycles. The van der Waals surface area contributed by atoms with Gasteiger partial charge in [0.2, 0.25) is 0 Å². The number of carboxylic acids is 1. The third kappa shape index (κ3) is 4.54. The summed E-state index contributed by atoms with van der Waals surface area (Å²) >= 11 is 0. The molecule has 1 aromatic rings. The summed E-state index contributed by atoms with van der Waals surface area (Å²) in [5.74, 6) is -0.832. The van der Waals surface area contributed by atoms with E-state index in [0.29, 0.717) is 13.1 Å². The molecule has 0 spiro atoms. The first-order valence-corrected chi connectivity index (χ1v) is 5.61. The van der Waals surface area contributed by atoms with Crippen molar-refractivity contribution in [2.45, 2.75) is 33.0 Å². The smallest absolute Gasteiger partial charge is 0.317 e. The Hall–Kier alpha value is -1.40. The van der Waals surface area contributed by atoms with Crippen LogP contribution in [0.4, 0.5) is 0 Å². The molecule has 6 heteroatoms. The topological polar surface area (TPSA) is 78.6 Å². The highest BCUT2D eigenvalue weighted by molar-refractivity contribution is 5.69. The van der Waals surface area contributed by atoms with Gasteiger partial charge in [0.1, 0.15) is 0 Å². The molecule has 0 unspecified atom stereocenters. The lowest BCUT2D eigenvalue weighted by Gasteiger charge is -2.23. The third-order valence-corrected chi connectivity index (χ3v) is 2.47. The van der Waals surface area contributed by atoms with Crippen molar-refractivity contribution >= 4 is 5.97 Å². The first kappa shape index (κ1) is 13.7. The zero-order valence-corrected chi connectivity index (χ0v) is 10.2. The minimum absolute atomic E-state index is 0.0167. The summed E-state index contributed by atoms with van der Waals surface area (Å²) in [5.41, 5.74) is 0.952. The summed E-state index contributed by atoms with van der Waals surface area (Å²) in [6.07, 6.45) is 3.53. The van der Waals surface area contributed by atoms with Gasteiger partial charge < -0.3 is 10.2 Å². The van der Waals surface area contributed by atoms with E-state index in [1.165, 1.54) is 0 Å². The lowest BCUT2D eigenvalue weighted by molar-refractivity contribution is -0.138. The second kappa shape index (κ2) is 6.36. The number of hydrogen-bond acceptors (Lipinski definition) is 4. The van der Waals surface area contributed by atoms with Gasteiger partial charge >= 0.3 is 5.97 Å². The fourth-order valence-corrected chi connectivity index (χ4v) is 1.54. The molecule has 0 saturated heterocycles. The first-order valence-electron chi connectivity index (χ1n) is 5.61. The molecule has 0 radical (unpaired) electrons. The van der Waals surface area contributed by atoms with Crippen LogP contribution in [0.2, 0.25) is 0 Å². The molecule has 96 valence electrons. The Bertz CT molecular complexity index is 363. The summed E-state index contributed by atoms with van der Waals surface area (Å²) in [5, 5.41) is 21.7. The third-order valence-electron chi connectivity index (χ3n) is 2.47. The Morgan fingerprint density at radius 2 is 2.29 bits per heavy atom. The summed E-state index contributed by atoms with van der Waals surface area (Å²) in [6, 6.07) is 0.160. The fraction of sp³-hybridized carbons (Fsp3) is 0.636. The van der Waals surface area contributed by atoms with Gasteiger partial charge in [0.05, 0.1) is 25.9 Å². The second-order valence-corrected chi connectivity index (χ2v) is 4.23. The average Bonchev–Trinajstić information content (AvgIpc) is 2.64. The molecule has 0 bridgehead atoms. The molecule has 0 aliphatic rings. The van der Waals surface area contributed by atoms with Crippen LogP contribution in [0.5, 0.6) is 0 Å². The molecule has 0 amide bonds. The summed E-state index contributed by atoms with van der Waals surface area (Å²) in [7, 11) is 0. The van der Waals surface area contributed by atoms with Gasteiger partial charge in [-0.1, -0.05) is 0 Å². The normalized spacial score (nSPS) is 11.4. The Morgan fingerprint density at radius 3 is 2.82 bits per heavy atom. The van der Waals surface area contributed by atoms with E-state index >= 15 is 0 Å². The summed E-state index contributed by atoms with van der Waals surface area (Å²) < 4.78 is 1.65. The molecule has 17 heavy (non-hydrogen) atoms.